The van der Waals surface area contributed by atoms with Crippen molar-refractivity contribution < 1.29 is 9.84 Å². The Morgan fingerprint density at radius 3 is 3.11 bits per heavy atom. The zero-order valence-electron chi connectivity index (χ0n) is 11.1. The Hall–Kier alpha value is -1.06. The molecule has 2 rings (SSSR count). The van der Waals surface area contributed by atoms with Gasteiger partial charge in [0.25, 0.3) is 0 Å². The van der Waals surface area contributed by atoms with Crippen LogP contribution in [0.25, 0.3) is 0 Å². The van der Waals surface area contributed by atoms with Gasteiger partial charge in [0, 0.05) is 19.7 Å². The van der Waals surface area contributed by atoms with Crippen LogP contribution in [-0.4, -0.2) is 36.8 Å². The first-order chi connectivity index (χ1) is 8.81. The molecule has 1 N–H and O–H groups in total. The molecule has 1 aliphatic rings. The maximum Gasteiger partial charge on any atom is 0.119 e. The number of hydrogen-bond donors (Lipinski definition) is 1. The fraction of sp³-hybridized carbons (Fsp3) is 0.600. The van der Waals surface area contributed by atoms with Crippen LogP contribution >= 0.6 is 0 Å². The van der Waals surface area contributed by atoms with Gasteiger partial charge in [-0.2, -0.15) is 0 Å². The number of likely N-dealkylation sites (tertiary alicyclic amines) is 1. The topological polar surface area (TPSA) is 32.7 Å². The van der Waals surface area contributed by atoms with E-state index in [1.54, 1.807) is 7.11 Å². The van der Waals surface area contributed by atoms with Gasteiger partial charge in [-0.05, 0) is 49.4 Å². The van der Waals surface area contributed by atoms with Crippen LogP contribution in [0.3, 0.4) is 0 Å². The van der Waals surface area contributed by atoms with Crippen LogP contribution in [0.15, 0.2) is 24.3 Å². The number of nitrogens with zero attached hydrogens (tertiary/aromatic N) is 1. The van der Waals surface area contributed by atoms with Crippen LogP contribution in [-0.2, 0) is 6.54 Å². The Balaban J connectivity index is 1.91. The van der Waals surface area contributed by atoms with Crippen molar-refractivity contribution in [3.63, 3.8) is 0 Å². The Labute approximate surface area is 109 Å². The average molecular weight is 249 g/mol. The highest BCUT2D eigenvalue weighted by atomic mass is 16.5. The number of aliphatic hydroxyl groups excluding tert-OH is 1. The number of ether oxygens (including phenoxy) is 1. The van der Waals surface area contributed by atoms with E-state index in [0.717, 1.165) is 25.3 Å². The molecular weight excluding hydrogens is 226 g/mol. The second-order valence-electron chi connectivity index (χ2n) is 5.11. The van der Waals surface area contributed by atoms with Crippen molar-refractivity contribution in [2.24, 2.45) is 5.92 Å². The number of aliphatic hydroxyl groups is 1. The van der Waals surface area contributed by atoms with Crippen LogP contribution in [0.4, 0.5) is 0 Å². The molecule has 3 nitrogen and oxygen atoms in total. The average Bonchev–Trinajstić information content (AvgIpc) is 2.40. The molecule has 0 saturated carbocycles. The molecule has 18 heavy (non-hydrogen) atoms. The molecule has 1 unspecified atom stereocenters. The fourth-order valence-electron chi connectivity index (χ4n) is 2.74. The van der Waals surface area contributed by atoms with Gasteiger partial charge in [-0.1, -0.05) is 12.1 Å². The summed E-state index contributed by atoms with van der Waals surface area (Å²) >= 11 is 0. The fourth-order valence-corrected chi connectivity index (χ4v) is 2.74. The quantitative estimate of drug-likeness (QED) is 0.869. The lowest BCUT2D eigenvalue weighted by Gasteiger charge is -2.32. The van der Waals surface area contributed by atoms with Gasteiger partial charge in [0.1, 0.15) is 5.75 Å². The third-order valence-corrected chi connectivity index (χ3v) is 3.68. The summed E-state index contributed by atoms with van der Waals surface area (Å²) < 4.78 is 5.25. The molecule has 1 fully saturated rings. The van der Waals surface area contributed by atoms with E-state index >= 15 is 0 Å². The summed E-state index contributed by atoms with van der Waals surface area (Å²) in [4.78, 5) is 2.48. The van der Waals surface area contributed by atoms with Crippen LogP contribution < -0.4 is 4.74 Å². The zero-order valence-corrected chi connectivity index (χ0v) is 11.1. The van der Waals surface area contributed by atoms with Crippen molar-refractivity contribution in [2.75, 3.05) is 26.8 Å². The summed E-state index contributed by atoms with van der Waals surface area (Å²) in [6, 6.07) is 8.28. The van der Waals surface area contributed by atoms with Gasteiger partial charge < -0.3 is 9.84 Å². The first-order valence-corrected chi connectivity index (χ1v) is 6.78. The maximum atomic E-state index is 9.03. The monoisotopic (exact) mass is 249 g/mol. The lowest BCUT2D eigenvalue weighted by molar-refractivity contribution is 0.142. The van der Waals surface area contributed by atoms with Crippen molar-refractivity contribution in [1.82, 2.24) is 4.90 Å². The van der Waals surface area contributed by atoms with Crippen molar-refractivity contribution in [3.8, 4) is 5.75 Å². The largest absolute Gasteiger partial charge is 0.497 e. The van der Waals surface area contributed by atoms with Crippen LogP contribution in [0, 0.1) is 5.92 Å². The summed E-state index contributed by atoms with van der Waals surface area (Å²) in [5, 5.41) is 9.03. The maximum absolute atomic E-state index is 9.03. The summed E-state index contributed by atoms with van der Waals surface area (Å²) in [7, 11) is 1.71. The highest BCUT2D eigenvalue weighted by Gasteiger charge is 2.19. The smallest absolute Gasteiger partial charge is 0.119 e. The van der Waals surface area contributed by atoms with Crippen molar-refractivity contribution in [3.05, 3.63) is 29.8 Å². The van der Waals surface area contributed by atoms with Gasteiger partial charge >= 0.3 is 0 Å². The Morgan fingerprint density at radius 1 is 1.44 bits per heavy atom. The molecule has 100 valence electrons. The molecular formula is C15H23NO2. The van der Waals surface area contributed by atoms with E-state index in [9.17, 15) is 0 Å². The summed E-state index contributed by atoms with van der Waals surface area (Å²) in [6.45, 7) is 3.58. The van der Waals surface area contributed by atoms with Crippen LogP contribution in [0.2, 0.25) is 0 Å². The Kier molecular flexibility index (Phi) is 5.02. The lowest BCUT2D eigenvalue weighted by atomic mass is 9.95. The molecule has 0 radical (unpaired) electrons. The van der Waals surface area contributed by atoms with Crippen LogP contribution in [0.5, 0.6) is 5.75 Å². The molecule has 0 aromatic heterocycles. The van der Waals surface area contributed by atoms with Gasteiger partial charge in [0.2, 0.25) is 0 Å². The first-order valence-electron chi connectivity index (χ1n) is 6.78. The number of rotatable bonds is 5. The molecule has 3 heteroatoms. The van der Waals surface area contributed by atoms with E-state index in [0.29, 0.717) is 12.5 Å². The molecule has 0 amide bonds. The minimum Gasteiger partial charge on any atom is -0.497 e. The first kappa shape index (κ1) is 13.4. The third kappa shape index (κ3) is 3.72. The van der Waals surface area contributed by atoms with E-state index < -0.39 is 0 Å². The zero-order chi connectivity index (χ0) is 12.8. The van der Waals surface area contributed by atoms with Gasteiger partial charge in [0.15, 0.2) is 0 Å². The van der Waals surface area contributed by atoms with E-state index in [-0.39, 0.29) is 0 Å². The second-order valence-corrected chi connectivity index (χ2v) is 5.11. The lowest BCUT2D eigenvalue weighted by Crippen LogP contribution is -2.35. The summed E-state index contributed by atoms with van der Waals surface area (Å²) in [5.74, 6) is 1.59. The SMILES string of the molecule is COc1cccc(CN2CCCC(CCO)C2)c1. The summed E-state index contributed by atoms with van der Waals surface area (Å²) in [6.07, 6.45) is 3.44. The number of hydrogen-bond acceptors (Lipinski definition) is 3. The Bertz CT molecular complexity index is 365. The highest BCUT2D eigenvalue weighted by molar-refractivity contribution is 5.28. The minimum absolute atomic E-state index is 0.317. The van der Waals surface area contributed by atoms with Gasteiger partial charge in [-0.25, -0.2) is 0 Å². The molecule has 0 spiro atoms. The van der Waals surface area contributed by atoms with Gasteiger partial charge in [-0.15, -0.1) is 0 Å². The molecule has 1 aromatic rings. The predicted octanol–water partition coefficient (Wildman–Crippen LogP) is 2.29. The molecule has 1 atom stereocenters. The minimum atomic E-state index is 0.317. The van der Waals surface area contributed by atoms with E-state index in [4.69, 9.17) is 9.84 Å². The number of benzene rings is 1. The molecule has 0 aliphatic carbocycles. The van der Waals surface area contributed by atoms with E-state index in [1.807, 2.05) is 12.1 Å². The standard InChI is InChI=1S/C15H23NO2/c1-18-15-6-2-4-14(10-15)12-16-8-3-5-13(11-16)7-9-17/h2,4,6,10,13,17H,3,5,7-9,11-12H2,1H3. The van der Waals surface area contributed by atoms with E-state index in [2.05, 4.69) is 17.0 Å². The summed E-state index contributed by atoms with van der Waals surface area (Å²) in [5.41, 5.74) is 1.30. The van der Waals surface area contributed by atoms with Gasteiger partial charge in [0.05, 0.1) is 7.11 Å². The van der Waals surface area contributed by atoms with Crippen LogP contribution in [0.1, 0.15) is 24.8 Å². The third-order valence-electron chi connectivity index (χ3n) is 3.68. The molecule has 1 aromatic carbocycles. The molecule has 1 aliphatic heterocycles. The van der Waals surface area contributed by atoms with Crippen molar-refractivity contribution in [1.29, 1.82) is 0 Å². The molecule has 1 heterocycles. The normalized spacial score (nSPS) is 20.9. The predicted molar refractivity (Wildman–Crippen MR) is 72.7 cm³/mol. The number of piperidine rings is 1. The second kappa shape index (κ2) is 6.76. The van der Waals surface area contributed by atoms with Crippen molar-refractivity contribution in [2.45, 2.75) is 25.8 Å². The Morgan fingerprint density at radius 2 is 2.33 bits per heavy atom. The molecule has 0 bridgehead atoms. The highest BCUT2D eigenvalue weighted by Crippen LogP contribution is 2.22. The van der Waals surface area contributed by atoms with Gasteiger partial charge in [-0.3, -0.25) is 4.90 Å². The molecule has 1 saturated heterocycles. The van der Waals surface area contributed by atoms with Crippen molar-refractivity contribution >= 4 is 0 Å². The van der Waals surface area contributed by atoms with E-state index in [1.165, 1.54) is 24.9 Å². The number of methoxy groups -OCH3 is 1.